The summed E-state index contributed by atoms with van der Waals surface area (Å²) in [6, 6.07) is 14.6. The number of carbonyl (C=O) groups excluding carboxylic acids is 1. The topological polar surface area (TPSA) is 64.0 Å². The largest absolute Gasteiger partial charge is 0.469 e. The molecular weight excluding hydrogens is 426 g/mol. The van der Waals surface area contributed by atoms with Crippen LogP contribution < -0.4 is 5.32 Å². The second-order valence-electron chi connectivity index (χ2n) is 11.5. The van der Waals surface area contributed by atoms with Crippen LogP contribution in [-0.4, -0.2) is 37.4 Å². The lowest BCUT2D eigenvalue weighted by Gasteiger charge is -2.51. The van der Waals surface area contributed by atoms with E-state index in [0.29, 0.717) is 24.3 Å². The number of hydrogen-bond donors (Lipinski definition) is 1. The lowest BCUT2D eigenvalue weighted by atomic mass is 9.53. The Bertz CT molecular complexity index is 985. The second-order valence-corrected chi connectivity index (χ2v) is 11.5. The molecule has 2 aromatic rings. The number of epoxide rings is 1. The fourth-order valence-corrected chi connectivity index (χ4v) is 7.49. The third kappa shape index (κ3) is 4.11. The molecule has 0 radical (unpaired) electrons. The molecule has 1 spiro atoms. The number of ether oxygens (including phenoxy) is 2. The number of nitrogens with one attached hydrogen (secondary N) is 1. The average Bonchev–Trinajstić information content (AvgIpc) is 3.25. The fraction of sp³-hybridized carbons (Fsp3) is 0.621. The molecule has 7 atom stereocenters. The molecule has 0 amide bonds. The van der Waals surface area contributed by atoms with Crippen LogP contribution >= 0.6 is 0 Å². The van der Waals surface area contributed by atoms with Crippen molar-refractivity contribution >= 4 is 5.97 Å². The van der Waals surface area contributed by atoms with E-state index < -0.39 is 0 Å². The molecule has 3 heterocycles. The van der Waals surface area contributed by atoms with Crippen molar-refractivity contribution in [1.82, 2.24) is 5.32 Å². The lowest BCUT2D eigenvalue weighted by molar-refractivity contribution is -0.147. The first kappa shape index (κ1) is 22.4. The molecule has 4 aliphatic rings. The molecule has 0 bridgehead atoms. The van der Waals surface area contributed by atoms with Gasteiger partial charge in [-0.2, -0.15) is 0 Å². The van der Waals surface area contributed by atoms with Crippen LogP contribution in [0, 0.1) is 23.2 Å². The molecule has 0 unspecified atom stereocenters. The molecule has 1 aromatic heterocycles. The standard InChI is InChI=1S/C29H37NO4/c1-28-11-6-12-29(19-33-29)26(28)16-22-23(27(31)34-25(22)17-28)18-30-13-10-21(24-9-5-14-32-24)15-20-7-3-2-4-8-20/h2-5,7-9,14,21-23,25-26,30H,6,10-13,15-19H2,1H3/t21-,22-,23-,25-,26+,28-,29-/m1/s1. The van der Waals surface area contributed by atoms with Gasteiger partial charge in [-0.15, -0.1) is 0 Å². The van der Waals surface area contributed by atoms with Gasteiger partial charge in [0.15, 0.2) is 0 Å². The molecular formula is C29H37NO4. The highest BCUT2D eigenvalue weighted by Gasteiger charge is 2.64. The maximum absolute atomic E-state index is 12.9. The molecule has 2 saturated heterocycles. The van der Waals surface area contributed by atoms with Gasteiger partial charge < -0.3 is 19.2 Å². The van der Waals surface area contributed by atoms with Crippen molar-refractivity contribution < 1.29 is 18.7 Å². The number of carbonyl (C=O) groups is 1. The van der Waals surface area contributed by atoms with Gasteiger partial charge >= 0.3 is 5.97 Å². The summed E-state index contributed by atoms with van der Waals surface area (Å²) in [5.74, 6) is 2.21. The van der Waals surface area contributed by atoms with Crippen molar-refractivity contribution in [2.24, 2.45) is 23.2 Å². The first-order valence-electron chi connectivity index (χ1n) is 13.2. The third-order valence-electron chi connectivity index (χ3n) is 9.38. The van der Waals surface area contributed by atoms with Gasteiger partial charge in [-0.3, -0.25) is 4.79 Å². The Hall–Kier alpha value is -2.11. The summed E-state index contributed by atoms with van der Waals surface area (Å²) in [4.78, 5) is 12.9. The van der Waals surface area contributed by atoms with Crippen molar-refractivity contribution in [3.63, 3.8) is 0 Å². The minimum atomic E-state index is -0.0385. The summed E-state index contributed by atoms with van der Waals surface area (Å²) in [6.45, 7) is 4.89. The van der Waals surface area contributed by atoms with Gasteiger partial charge in [0.1, 0.15) is 11.9 Å². The first-order chi connectivity index (χ1) is 16.6. The smallest absolute Gasteiger partial charge is 0.310 e. The highest BCUT2D eigenvalue weighted by atomic mass is 16.6. The minimum absolute atomic E-state index is 0.00221. The molecule has 182 valence electrons. The average molecular weight is 464 g/mol. The highest BCUT2D eigenvalue weighted by Crippen LogP contribution is 2.62. The van der Waals surface area contributed by atoms with Gasteiger partial charge in [0.05, 0.1) is 24.4 Å². The Labute approximate surface area is 202 Å². The lowest BCUT2D eigenvalue weighted by Crippen LogP contribution is -2.51. The van der Waals surface area contributed by atoms with Gasteiger partial charge in [0, 0.05) is 18.4 Å². The normalized spacial score (nSPS) is 37.1. The fourth-order valence-electron chi connectivity index (χ4n) is 7.49. The van der Waals surface area contributed by atoms with Crippen LogP contribution in [0.25, 0.3) is 0 Å². The summed E-state index contributed by atoms with van der Waals surface area (Å²) >= 11 is 0. The maximum Gasteiger partial charge on any atom is 0.310 e. The predicted octanol–water partition coefficient (Wildman–Crippen LogP) is 5.11. The van der Waals surface area contributed by atoms with Crippen LogP contribution in [0.2, 0.25) is 0 Å². The monoisotopic (exact) mass is 463 g/mol. The van der Waals surface area contributed by atoms with Gasteiger partial charge in [-0.05, 0) is 80.5 Å². The zero-order valence-electron chi connectivity index (χ0n) is 20.2. The van der Waals surface area contributed by atoms with Gasteiger partial charge in [-0.1, -0.05) is 37.3 Å². The molecule has 2 aliphatic heterocycles. The Morgan fingerprint density at radius 1 is 1.15 bits per heavy atom. The van der Waals surface area contributed by atoms with E-state index in [1.807, 2.05) is 6.07 Å². The van der Waals surface area contributed by atoms with E-state index in [1.165, 1.54) is 24.8 Å². The van der Waals surface area contributed by atoms with Crippen LogP contribution in [0.15, 0.2) is 53.1 Å². The molecule has 2 aliphatic carbocycles. The van der Waals surface area contributed by atoms with E-state index in [9.17, 15) is 4.79 Å². The van der Waals surface area contributed by atoms with Crippen LogP contribution in [0.1, 0.15) is 62.7 Å². The first-order valence-corrected chi connectivity index (χ1v) is 13.2. The predicted molar refractivity (Wildman–Crippen MR) is 129 cm³/mol. The Kier molecular flexibility index (Phi) is 5.81. The molecule has 34 heavy (non-hydrogen) atoms. The van der Waals surface area contributed by atoms with E-state index in [4.69, 9.17) is 13.9 Å². The number of esters is 1. The molecule has 1 N–H and O–H groups in total. The summed E-state index contributed by atoms with van der Waals surface area (Å²) in [6.07, 6.45) is 9.51. The second kappa shape index (κ2) is 8.83. The van der Waals surface area contributed by atoms with Crippen LogP contribution in [0.3, 0.4) is 0 Å². The van der Waals surface area contributed by atoms with Crippen LogP contribution in [-0.2, 0) is 20.7 Å². The zero-order valence-corrected chi connectivity index (χ0v) is 20.2. The number of rotatable bonds is 8. The van der Waals surface area contributed by atoms with Crippen LogP contribution in [0.5, 0.6) is 0 Å². The van der Waals surface area contributed by atoms with E-state index >= 15 is 0 Å². The molecule has 4 fully saturated rings. The quantitative estimate of drug-likeness (QED) is 0.335. The molecule has 5 heteroatoms. The van der Waals surface area contributed by atoms with E-state index in [1.54, 1.807) is 6.26 Å². The summed E-state index contributed by atoms with van der Waals surface area (Å²) < 4.78 is 17.8. The van der Waals surface area contributed by atoms with Crippen LogP contribution in [0.4, 0.5) is 0 Å². The zero-order chi connectivity index (χ0) is 23.2. The third-order valence-corrected chi connectivity index (χ3v) is 9.38. The summed E-state index contributed by atoms with van der Waals surface area (Å²) in [5.41, 5.74) is 1.68. The number of fused-ring (bicyclic) bond motifs is 3. The number of benzene rings is 1. The van der Waals surface area contributed by atoms with Crippen molar-refractivity contribution in [3.8, 4) is 0 Å². The Morgan fingerprint density at radius 3 is 2.76 bits per heavy atom. The number of furan rings is 1. The molecule has 1 aromatic carbocycles. The molecule has 6 rings (SSSR count). The number of hydrogen-bond acceptors (Lipinski definition) is 5. The van der Waals surface area contributed by atoms with Gasteiger partial charge in [0.2, 0.25) is 0 Å². The van der Waals surface area contributed by atoms with E-state index in [2.05, 4.69) is 48.6 Å². The highest BCUT2D eigenvalue weighted by molar-refractivity contribution is 5.75. The van der Waals surface area contributed by atoms with Crippen molar-refractivity contribution in [1.29, 1.82) is 0 Å². The summed E-state index contributed by atoms with van der Waals surface area (Å²) in [5, 5.41) is 3.61. The van der Waals surface area contributed by atoms with Crippen molar-refractivity contribution in [2.45, 2.75) is 69.5 Å². The van der Waals surface area contributed by atoms with E-state index in [-0.39, 0.29) is 29.0 Å². The minimum Gasteiger partial charge on any atom is -0.469 e. The van der Waals surface area contributed by atoms with E-state index in [0.717, 1.165) is 44.6 Å². The Morgan fingerprint density at radius 2 is 2.00 bits per heavy atom. The van der Waals surface area contributed by atoms with Gasteiger partial charge in [-0.25, -0.2) is 0 Å². The summed E-state index contributed by atoms with van der Waals surface area (Å²) in [7, 11) is 0. The SMILES string of the molecule is C[C@]12CCC[C@@]3(CO3)[C@H]1C[C@H]1[C@@H](C2)OC(=O)[C@@H]1CNCC[C@H](Cc1ccccc1)c1ccco1. The van der Waals surface area contributed by atoms with Crippen molar-refractivity contribution in [3.05, 3.63) is 60.1 Å². The van der Waals surface area contributed by atoms with Gasteiger partial charge in [0.25, 0.3) is 0 Å². The van der Waals surface area contributed by atoms with Crippen molar-refractivity contribution in [2.75, 3.05) is 19.7 Å². The Balaban J connectivity index is 1.07. The maximum atomic E-state index is 12.9. The molecule has 5 nitrogen and oxygen atoms in total. The molecule has 2 saturated carbocycles.